The van der Waals surface area contributed by atoms with E-state index in [1.807, 2.05) is 24.7 Å². The van der Waals surface area contributed by atoms with E-state index in [1.54, 1.807) is 11.3 Å². The second-order valence-corrected chi connectivity index (χ2v) is 8.10. The predicted molar refractivity (Wildman–Crippen MR) is 95.6 cm³/mol. The summed E-state index contributed by atoms with van der Waals surface area (Å²) in [6.45, 7) is 3.59. The van der Waals surface area contributed by atoms with Gasteiger partial charge in [-0.25, -0.2) is 0 Å². The number of fused-ring (bicyclic) bond motifs is 1. The van der Waals surface area contributed by atoms with Gasteiger partial charge in [0.15, 0.2) is 0 Å². The largest absolute Gasteiger partial charge is 0.376 e. The number of carbonyl (C=O) groups excluding carboxylic acids is 1. The van der Waals surface area contributed by atoms with Crippen LogP contribution in [0.5, 0.6) is 0 Å². The summed E-state index contributed by atoms with van der Waals surface area (Å²) in [6, 6.07) is 2.41. The molecule has 1 amide bonds. The smallest absolute Gasteiger partial charge is 0.264 e. The number of carbonyl (C=O) groups is 1. The molecule has 24 heavy (non-hydrogen) atoms. The molecule has 1 saturated carbocycles. The molecule has 130 valence electrons. The molecule has 1 atom stereocenters. The first-order chi connectivity index (χ1) is 11.6. The predicted octanol–water partition coefficient (Wildman–Crippen LogP) is 3.51. The molecule has 0 N–H and O–H groups in total. The van der Waals surface area contributed by atoms with E-state index in [1.165, 1.54) is 12.8 Å². The minimum atomic E-state index is 0.179. The van der Waals surface area contributed by atoms with Gasteiger partial charge in [-0.05, 0) is 38.7 Å². The van der Waals surface area contributed by atoms with Crippen molar-refractivity contribution in [2.24, 2.45) is 7.05 Å². The summed E-state index contributed by atoms with van der Waals surface area (Å²) in [5.41, 5.74) is 0.995. The second-order valence-electron chi connectivity index (χ2n) is 7.07. The Morgan fingerprint density at radius 2 is 2.17 bits per heavy atom. The van der Waals surface area contributed by atoms with Crippen LogP contribution in [0.15, 0.2) is 6.07 Å². The van der Waals surface area contributed by atoms with E-state index in [4.69, 9.17) is 4.74 Å². The lowest BCUT2D eigenvalue weighted by atomic mass is 10.1. The third-order valence-corrected chi connectivity index (χ3v) is 6.55. The number of hydrogen-bond acceptors (Lipinski definition) is 4. The number of nitrogens with zero attached hydrogens (tertiary/aromatic N) is 3. The number of thiophene rings is 1. The zero-order valence-electron chi connectivity index (χ0n) is 14.5. The molecule has 2 aromatic rings. The van der Waals surface area contributed by atoms with Gasteiger partial charge in [0, 0.05) is 31.6 Å². The zero-order valence-corrected chi connectivity index (χ0v) is 15.3. The number of aromatic nitrogens is 2. The van der Waals surface area contributed by atoms with E-state index < -0.39 is 0 Å². The number of hydrogen-bond donors (Lipinski definition) is 0. The number of ether oxygens (including phenoxy) is 1. The van der Waals surface area contributed by atoms with Crippen molar-refractivity contribution in [2.45, 2.75) is 57.6 Å². The topological polar surface area (TPSA) is 47.4 Å². The first kappa shape index (κ1) is 16.1. The highest BCUT2D eigenvalue weighted by Gasteiger charge is 2.32. The van der Waals surface area contributed by atoms with Crippen molar-refractivity contribution < 1.29 is 9.53 Å². The minimum absolute atomic E-state index is 0.179. The molecule has 2 aliphatic rings. The van der Waals surface area contributed by atoms with Gasteiger partial charge in [0.05, 0.1) is 16.7 Å². The maximum absolute atomic E-state index is 13.3. The number of aryl methyl sites for hydroxylation is 2. The summed E-state index contributed by atoms with van der Waals surface area (Å²) in [5, 5.41) is 5.54. The fourth-order valence-corrected chi connectivity index (χ4v) is 5.15. The van der Waals surface area contributed by atoms with Crippen LogP contribution >= 0.6 is 11.3 Å². The minimum Gasteiger partial charge on any atom is -0.376 e. The van der Waals surface area contributed by atoms with E-state index in [9.17, 15) is 4.79 Å². The monoisotopic (exact) mass is 347 g/mol. The third-order valence-electron chi connectivity index (χ3n) is 5.36. The lowest BCUT2D eigenvalue weighted by Gasteiger charge is -2.30. The van der Waals surface area contributed by atoms with Gasteiger partial charge in [0.25, 0.3) is 5.91 Å². The quantitative estimate of drug-likeness (QED) is 0.850. The maximum Gasteiger partial charge on any atom is 0.264 e. The Kier molecular flexibility index (Phi) is 4.35. The lowest BCUT2D eigenvalue weighted by Crippen LogP contribution is -2.43. The summed E-state index contributed by atoms with van der Waals surface area (Å²) in [4.78, 5) is 17.3. The van der Waals surface area contributed by atoms with Crippen molar-refractivity contribution in [2.75, 3.05) is 13.2 Å². The molecule has 0 aromatic carbocycles. The summed E-state index contributed by atoms with van der Waals surface area (Å²) >= 11 is 1.57. The van der Waals surface area contributed by atoms with Gasteiger partial charge < -0.3 is 9.64 Å². The molecule has 4 rings (SSSR count). The fraction of sp³-hybridized carbons (Fsp3) is 0.667. The van der Waals surface area contributed by atoms with Gasteiger partial charge in [-0.15, -0.1) is 11.3 Å². The average Bonchev–Trinajstić information content (AvgIpc) is 3.34. The molecule has 2 aromatic heterocycles. The van der Waals surface area contributed by atoms with Gasteiger partial charge in [0.2, 0.25) is 0 Å². The van der Waals surface area contributed by atoms with E-state index in [0.717, 1.165) is 59.6 Å². The van der Waals surface area contributed by atoms with E-state index in [-0.39, 0.29) is 12.0 Å². The Morgan fingerprint density at radius 1 is 1.38 bits per heavy atom. The Morgan fingerprint density at radius 3 is 2.83 bits per heavy atom. The average molecular weight is 347 g/mol. The standard InChI is InChI=1S/C18H25N3O2S/c1-12-15-10-16(24-18(15)20(2)19-12)17(22)21(13-6-3-4-7-13)11-14-8-5-9-23-14/h10,13-14H,3-9,11H2,1-2H3. The molecule has 1 saturated heterocycles. The van der Waals surface area contributed by atoms with Crippen LogP contribution in [-0.2, 0) is 11.8 Å². The highest BCUT2D eigenvalue weighted by Crippen LogP contribution is 2.32. The first-order valence-electron chi connectivity index (χ1n) is 8.99. The van der Waals surface area contributed by atoms with Crippen LogP contribution in [0.3, 0.4) is 0 Å². The summed E-state index contributed by atoms with van der Waals surface area (Å²) in [6.07, 6.45) is 7.13. The van der Waals surface area contributed by atoms with Crippen LogP contribution in [0.4, 0.5) is 0 Å². The van der Waals surface area contributed by atoms with Crippen molar-refractivity contribution in [3.8, 4) is 0 Å². The van der Waals surface area contributed by atoms with Crippen molar-refractivity contribution >= 4 is 27.5 Å². The Balaban J connectivity index is 1.61. The van der Waals surface area contributed by atoms with Crippen LogP contribution < -0.4 is 0 Å². The summed E-state index contributed by atoms with van der Waals surface area (Å²) < 4.78 is 7.69. The molecule has 1 aliphatic carbocycles. The highest BCUT2D eigenvalue weighted by atomic mass is 32.1. The second kappa shape index (κ2) is 6.48. The molecule has 3 heterocycles. The highest BCUT2D eigenvalue weighted by molar-refractivity contribution is 7.20. The fourth-order valence-electron chi connectivity index (χ4n) is 4.07. The van der Waals surface area contributed by atoms with Gasteiger partial charge in [0.1, 0.15) is 4.83 Å². The molecule has 2 fully saturated rings. The van der Waals surface area contributed by atoms with Gasteiger partial charge in [-0.1, -0.05) is 12.8 Å². The SMILES string of the molecule is Cc1nn(C)c2sc(C(=O)N(CC3CCCO3)C3CCCC3)cc12. The number of rotatable bonds is 4. The van der Waals surface area contributed by atoms with E-state index >= 15 is 0 Å². The molecular formula is C18H25N3O2S. The molecule has 6 heteroatoms. The summed E-state index contributed by atoms with van der Waals surface area (Å²) in [7, 11) is 1.95. The Labute approximate surface area is 146 Å². The van der Waals surface area contributed by atoms with Crippen molar-refractivity contribution in [1.82, 2.24) is 14.7 Å². The molecule has 5 nitrogen and oxygen atoms in total. The van der Waals surface area contributed by atoms with Crippen LogP contribution in [0.2, 0.25) is 0 Å². The molecule has 0 radical (unpaired) electrons. The zero-order chi connectivity index (χ0) is 16.7. The molecule has 1 aliphatic heterocycles. The van der Waals surface area contributed by atoms with Gasteiger partial charge >= 0.3 is 0 Å². The Hall–Kier alpha value is -1.40. The molecule has 0 spiro atoms. The van der Waals surface area contributed by atoms with Crippen LogP contribution in [0, 0.1) is 6.92 Å². The summed E-state index contributed by atoms with van der Waals surface area (Å²) in [5.74, 6) is 0.179. The normalized spacial score (nSPS) is 21.8. The first-order valence-corrected chi connectivity index (χ1v) is 9.81. The molecule has 0 bridgehead atoms. The van der Waals surface area contributed by atoms with Crippen LogP contribution in [-0.4, -0.2) is 45.9 Å². The third kappa shape index (κ3) is 2.86. The Bertz CT molecular complexity index is 704. The number of amides is 1. The van der Waals surface area contributed by atoms with Crippen LogP contribution in [0.1, 0.15) is 53.9 Å². The van der Waals surface area contributed by atoms with E-state index in [2.05, 4.69) is 10.00 Å². The van der Waals surface area contributed by atoms with E-state index in [0.29, 0.717) is 6.04 Å². The van der Waals surface area contributed by atoms with Gasteiger partial charge in [-0.2, -0.15) is 5.10 Å². The van der Waals surface area contributed by atoms with Crippen LogP contribution in [0.25, 0.3) is 10.2 Å². The van der Waals surface area contributed by atoms with Gasteiger partial charge in [-0.3, -0.25) is 9.48 Å². The maximum atomic E-state index is 13.3. The van der Waals surface area contributed by atoms with Crippen molar-refractivity contribution in [1.29, 1.82) is 0 Å². The van der Waals surface area contributed by atoms with Crippen molar-refractivity contribution in [3.05, 3.63) is 16.6 Å². The lowest BCUT2D eigenvalue weighted by molar-refractivity contribution is 0.0424. The molecular weight excluding hydrogens is 322 g/mol. The molecule has 1 unspecified atom stereocenters. The van der Waals surface area contributed by atoms with Crippen molar-refractivity contribution in [3.63, 3.8) is 0 Å².